The van der Waals surface area contributed by atoms with E-state index in [1.54, 1.807) is 16.8 Å². The van der Waals surface area contributed by atoms with Gasteiger partial charge in [-0.1, -0.05) is 133 Å². The summed E-state index contributed by atoms with van der Waals surface area (Å²) in [6.07, 6.45) is 14.8. The number of aromatic nitrogens is 4. The molecule has 1 unspecified atom stereocenters. The number of halogens is 3. The molecule has 1 N–H and O–H groups in total. The van der Waals surface area contributed by atoms with Crippen molar-refractivity contribution in [2.75, 3.05) is 19.7 Å². The van der Waals surface area contributed by atoms with Crippen LogP contribution in [0, 0.1) is 5.92 Å². The van der Waals surface area contributed by atoms with Gasteiger partial charge in [0.15, 0.2) is 17.2 Å². The first-order chi connectivity index (χ1) is 21.0. The summed E-state index contributed by atoms with van der Waals surface area (Å²) in [7, 11) is 0. The SMILES string of the molecule is CCCCCCCCCCCCCC(COc1c(Cl)cc(-c2nc3c(Cl)c(C(C)(C)C)[nH]n3n2)cc1Cl)C(=O)N(CC)CC. The third-order valence-electron chi connectivity index (χ3n) is 8.26. The predicted molar refractivity (Wildman–Crippen MR) is 184 cm³/mol. The van der Waals surface area contributed by atoms with Crippen molar-refractivity contribution < 1.29 is 9.53 Å². The molecule has 1 atom stereocenters. The zero-order valence-corrected chi connectivity index (χ0v) is 29.8. The Morgan fingerprint density at radius 1 is 0.909 bits per heavy atom. The maximum atomic E-state index is 13.4. The number of ether oxygens (including phenoxy) is 1. The molecule has 1 amide bonds. The van der Waals surface area contributed by atoms with Crippen molar-refractivity contribution in [1.29, 1.82) is 0 Å². The number of hydrogen-bond acceptors (Lipinski definition) is 4. The van der Waals surface area contributed by atoms with Gasteiger partial charge in [-0.2, -0.15) is 4.63 Å². The maximum Gasteiger partial charge on any atom is 0.229 e. The van der Waals surface area contributed by atoms with E-state index in [9.17, 15) is 4.79 Å². The molecule has 7 nitrogen and oxygen atoms in total. The summed E-state index contributed by atoms with van der Waals surface area (Å²) in [5, 5.41) is 9.01. The van der Waals surface area contributed by atoms with E-state index >= 15 is 0 Å². The Labute approximate surface area is 279 Å². The van der Waals surface area contributed by atoms with Gasteiger partial charge in [-0.15, -0.1) is 5.10 Å². The van der Waals surface area contributed by atoms with E-state index in [2.05, 4.69) is 42.9 Å². The second kappa shape index (κ2) is 17.7. The highest BCUT2D eigenvalue weighted by molar-refractivity contribution is 6.37. The molecule has 3 aromatic rings. The molecule has 0 radical (unpaired) electrons. The van der Waals surface area contributed by atoms with Crippen molar-refractivity contribution in [2.45, 2.75) is 124 Å². The summed E-state index contributed by atoms with van der Waals surface area (Å²) in [5.74, 6) is 0.677. The lowest BCUT2D eigenvalue weighted by Crippen LogP contribution is -2.38. The van der Waals surface area contributed by atoms with E-state index < -0.39 is 0 Å². The van der Waals surface area contributed by atoms with Crippen LogP contribution in [0.15, 0.2) is 12.1 Å². The molecule has 0 saturated carbocycles. The van der Waals surface area contributed by atoms with Crippen LogP contribution in [0.2, 0.25) is 15.1 Å². The number of aromatic amines is 1. The number of carbonyl (C=O) groups excluding carboxylic acids is 1. The topological polar surface area (TPSA) is 75.5 Å². The Morgan fingerprint density at radius 3 is 1.95 bits per heavy atom. The summed E-state index contributed by atoms with van der Waals surface area (Å²) < 4.78 is 7.73. The van der Waals surface area contributed by atoms with Crippen molar-refractivity contribution in [3.8, 4) is 17.1 Å². The number of rotatable bonds is 19. The van der Waals surface area contributed by atoms with Crippen LogP contribution in [0.25, 0.3) is 17.0 Å². The van der Waals surface area contributed by atoms with E-state index in [1.165, 1.54) is 57.8 Å². The molecule has 10 heteroatoms. The third kappa shape index (κ3) is 10.0. The normalized spacial score (nSPS) is 12.7. The number of carbonyl (C=O) groups is 1. The molecule has 44 heavy (non-hydrogen) atoms. The van der Waals surface area contributed by atoms with Gasteiger partial charge in [0, 0.05) is 24.1 Å². The van der Waals surface area contributed by atoms with Gasteiger partial charge in [-0.05, 0) is 32.4 Å². The molecule has 0 spiro atoms. The Morgan fingerprint density at radius 2 is 1.45 bits per heavy atom. The minimum Gasteiger partial charge on any atom is -0.490 e. The number of fused-ring (bicyclic) bond motifs is 1. The van der Waals surface area contributed by atoms with Crippen molar-refractivity contribution in [2.24, 2.45) is 5.92 Å². The fraction of sp³-hybridized carbons (Fsp3) is 0.676. The van der Waals surface area contributed by atoms with Crippen LogP contribution in [0.5, 0.6) is 5.75 Å². The van der Waals surface area contributed by atoms with Gasteiger partial charge in [-0.3, -0.25) is 9.89 Å². The van der Waals surface area contributed by atoms with E-state index in [0.29, 0.717) is 50.9 Å². The molecule has 0 bridgehead atoms. The van der Waals surface area contributed by atoms with Crippen LogP contribution in [0.1, 0.15) is 124 Å². The summed E-state index contributed by atoms with van der Waals surface area (Å²) in [6, 6.07) is 3.47. The minimum atomic E-state index is -0.255. The molecule has 0 aliphatic rings. The molecular formula is C34H52Cl3N5O2. The summed E-state index contributed by atoms with van der Waals surface area (Å²) in [6.45, 7) is 14.1. The predicted octanol–water partition coefficient (Wildman–Crippen LogP) is 10.5. The van der Waals surface area contributed by atoms with E-state index in [4.69, 9.17) is 39.5 Å². The van der Waals surface area contributed by atoms with Gasteiger partial charge >= 0.3 is 0 Å². The molecule has 1 aromatic carbocycles. The number of hydrogen-bond donors (Lipinski definition) is 1. The van der Waals surface area contributed by atoms with Gasteiger partial charge in [0.1, 0.15) is 5.02 Å². The first kappa shape index (κ1) is 36.5. The fourth-order valence-corrected chi connectivity index (χ4v) is 6.60. The van der Waals surface area contributed by atoms with Gasteiger partial charge in [-0.25, -0.2) is 4.98 Å². The lowest BCUT2D eigenvalue weighted by Gasteiger charge is -2.25. The third-order valence-corrected chi connectivity index (χ3v) is 9.18. The molecule has 0 saturated heterocycles. The Bertz CT molecular complexity index is 1300. The molecular weight excluding hydrogens is 617 g/mol. The zero-order chi connectivity index (χ0) is 32.3. The van der Waals surface area contributed by atoms with E-state index in [-0.39, 0.29) is 23.8 Å². The Balaban J connectivity index is 1.61. The minimum absolute atomic E-state index is 0.120. The highest BCUT2D eigenvalue weighted by atomic mass is 35.5. The second-order valence-electron chi connectivity index (χ2n) is 12.8. The molecule has 3 rings (SSSR count). The van der Waals surface area contributed by atoms with Crippen LogP contribution in [-0.4, -0.2) is 50.3 Å². The highest BCUT2D eigenvalue weighted by Gasteiger charge is 2.26. The molecule has 2 heterocycles. The van der Waals surface area contributed by atoms with Gasteiger partial charge < -0.3 is 9.64 Å². The fourth-order valence-electron chi connectivity index (χ4n) is 5.56. The Hall–Kier alpha value is -1.96. The molecule has 0 aliphatic heterocycles. The second-order valence-corrected chi connectivity index (χ2v) is 14.0. The van der Waals surface area contributed by atoms with Crippen molar-refractivity contribution in [3.05, 3.63) is 32.9 Å². The van der Waals surface area contributed by atoms with Crippen LogP contribution >= 0.6 is 34.8 Å². The number of nitrogens with one attached hydrogen (secondary N) is 1. The summed E-state index contributed by atoms with van der Waals surface area (Å²) in [5.41, 5.74) is 1.87. The first-order valence-corrected chi connectivity index (χ1v) is 17.7. The number of unbranched alkanes of at least 4 members (excludes halogenated alkanes) is 10. The van der Waals surface area contributed by atoms with E-state index in [1.807, 2.05) is 18.7 Å². The van der Waals surface area contributed by atoms with E-state index in [0.717, 1.165) is 25.0 Å². The molecule has 0 fully saturated rings. The number of amides is 1. The van der Waals surface area contributed by atoms with Crippen LogP contribution < -0.4 is 4.74 Å². The standard InChI is InChI=1S/C34H52Cl3N5O2/c1-7-10-11-12-13-14-15-16-17-18-19-20-24(33(43)41(8-2)9-3)23-44-29-26(35)21-25(22-27(29)36)31-38-32-28(37)30(34(4,5)6)39-42(32)40-31/h21-22,24,39H,7-20,23H2,1-6H3. The summed E-state index contributed by atoms with van der Waals surface area (Å²) in [4.78, 5) is 19.9. The molecule has 2 aromatic heterocycles. The van der Waals surface area contributed by atoms with Crippen LogP contribution in [0.4, 0.5) is 0 Å². The van der Waals surface area contributed by atoms with Gasteiger partial charge in [0.05, 0.1) is 28.3 Å². The van der Waals surface area contributed by atoms with Gasteiger partial charge in [0.2, 0.25) is 5.91 Å². The Kier molecular flexibility index (Phi) is 14.7. The largest absolute Gasteiger partial charge is 0.490 e. The lowest BCUT2D eigenvalue weighted by atomic mass is 9.92. The monoisotopic (exact) mass is 667 g/mol. The average Bonchev–Trinajstić information content (AvgIpc) is 3.54. The molecule has 0 aliphatic carbocycles. The average molecular weight is 669 g/mol. The maximum absolute atomic E-state index is 13.4. The van der Waals surface area contributed by atoms with Crippen LogP contribution in [0.3, 0.4) is 0 Å². The first-order valence-electron chi connectivity index (χ1n) is 16.6. The lowest BCUT2D eigenvalue weighted by molar-refractivity contribution is -0.136. The van der Waals surface area contributed by atoms with Gasteiger partial charge in [0.25, 0.3) is 0 Å². The summed E-state index contributed by atoms with van der Waals surface area (Å²) >= 11 is 20.0. The number of nitrogens with zero attached hydrogens (tertiary/aromatic N) is 4. The highest BCUT2D eigenvalue weighted by Crippen LogP contribution is 2.38. The molecule has 246 valence electrons. The number of benzene rings is 1. The van der Waals surface area contributed by atoms with Crippen LogP contribution in [-0.2, 0) is 10.2 Å². The van der Waals surface area contributed by atoms with Crippen molar-refractivity contribution in [3.63, 3.8) is 0 Å². The quantitative estimate of drug-likeness (QED) is 0.129. The number of H-pyrrole nitrogens is 1. The van der Waals surface area contributed by atoms with Crippen molar-refractivity contribution >= 4 is 46.4 Å². The smallest absolute Gasteiger partial charge is 0.229 e. The zero-order valence-electron chi connectivity index (χ0n) is 27.6. The van der Waals surface area contributed by atoms with Crippen molar-refractivity contribution in [1.82, 2.24) is 24.7 Å².